The molecule has 9 heteroatoms. The van der Waals surface area contributed by atoms with Gasteiger partial charge in [-0.1, -0.05) is 23.7 Å². The minimum Gasteiger partial charge on any atom is -0.439 e. The summed E-state index contributed by atoms with van der Waals surface area (Å²) in [6, 6.07) is 7.52. The van der Waals surface area contributed by atoms with E-state index in [4.69, 9.17) is 16.3 Å². The predicted molar refractivity (Wildman–Crippen MR) is 102 cm³/mol. The Balaban J connectivity index is 1.55. The van der Waals surface area contributed by atoms with E-state index in [9.17, 15) is 9.59 Å². The first-order chi connectivity index (χ1) is 13.1. The maximum absolute atomic E-state index is 12.0. The smallest absolute Gasteiger partial charge is 0.410 e. The maximum atomic E-state index is 12.0. The molecule has 1 saturated heterocycles. The zero-order valence-corrected chi connectivity index (χ0v) is 15.6. The van der Waals surface area contributed by atoms with E-state index in [0.717, 1.165) is 11.1 Å². The molecule has 142 valence electrons. The van der Waals surface area contributed by atoms with Gasteiger partial charge in [0, 0.05) is 56.2 Å². The van der Waals surface area contributed by atoms with Crippen molar-refractivity contribution in [3.8, 4) is 11.1 Å². The van der Waals surface area contributed by atoms with Crippen LogP contribution in [-0.2, 0) is 9.53 Å². The normalized spacial score (nSPS) is 14.0. The molecule has 0 unspecified atom stereocenters. The zero-order valence-electron chi connectivity index (χ0n) is 14.9. The van der Waals surface area contributed by atoms with E-state index < -0.39 is 6.09 Å². The van der Waals surface area contributed by atoms with E-state index in [2.05, 4.69) is 15.3 Å². The second-order valence-corrected chi connectivity index (χ2v) is 6.42. The number of benzene rings is 1. The van der Waals surface area contributed by atoms with Crippen LogP contribution in [0, 0.1) is 0 Å². The summed E-state index contributed by atoms with van der Waals surface area (Å²) in [4.78, 5) is 35.5. The fraction of sp³-hybridized carbons (Fsp3) is 0.333. The Morgan fingerprint density at radius 1 is 1.15 bits per heavy atom. The minimum atomic E-state index is -0.490. The molecule has 0 spiro atoms. The number of ether oxygens (including phenoxy) is 1. The highest BCUT2D eigenvalue weighted by Gasteiger charge is 2.24. The monoisotopic (exact) mass is 389 g/mol. The third kappa shape index (κ3) is 4.85. The number of rotatable bonds is 4. The highest BCUT2D eigenvalue weighted by Crippen LogP contribution is 2.22. The maximum Gasteiger partial charge on any atom is 0.410 e. The molecule has 27 heavy (non-hydrogen) atoms. The predicted octanol–water partition coefficient (Wildman–Crippen LogP) is 1.80. The molecule has 0 aliphatic carbocycles. The Kier molecular flexibility index (Phi) is 6.08. The van der Waals surface area contributed by atoms with Gasteiger partial charge in [0.2, 0.25) is 5.95 Å². The van der Waals surface area contributed by atoms with Crippen molar-refractivity contribution in [1.82, 2.24) is 20.2 Å². The first-order valence-corrected chi connectivity index (χ1v) is 8.90. The number of nitrogens with one attached hydrogen (secondary N) is 1. The van der Waals surface area contributed by atoms with Gasteiger partial charge in [0.1, 0.15) is 0 Å². The molecule has 0 saturated carbocycles. The van der Waals surface area contributed by atoms with Crippen molar-refractivity contribution in [3.63, 3.8) is 0 Å². The summed E-state index contributed by atoms with van der Waals surface area (Å²) in [7, 11) is 1.49. The molecule has 0 bridgehead atoms. The van der Waals surface area contributed by atoms with Crippen LogP contribution in [0.2, 0.25) is 5.02 Å². The number of carbonyl (C=O) groups excluding carboxylic acids is 2. The van der Waals surface area contributed by atoms with Crippen molar-refractivity contribution < 1.29 is 14.3 Å². The van der Waals surface area contributed by atoms with E-state index >= 15 is 0 Å². The van der Waals surface area contributed by atoms with Gasteiger partial charge in [-0.05, 0) is 17.7 Å². The Morgan fingerprint density at radius 3 is 2.48 bits per heavy atom. The number of likely N-dealkylation sites (N-methyl/N-ethyl adjacent to an activating group) is 1. The zero-order chi connectivity index (χ0) is 19.2. The van der Waals surface area contributed by atoms with E-state index in [1.54, 1.807) is 17.3 Å². The molecule has 1 aromatic carbocycles. The average molecular weight is 390 g/mol. The van der Waals surface area contributed by atoms with Gasteiger partial charge < -0.3 is 19.9 Å². The quantitative estimate of drug-likeness (QED) is 0.857. The minimum absolute atomic E-state index is 0.274. The van der Waals surface area contributed by atoms with Gasteiger partial charge >= 0.3 is 6.09 Å². The number of aromatic nitrogens is 2. The van der Waals surface area contributed by atoms with Gasteiger partial charge in [-0.15, -0.1) is 0 Å². The summed E-state index contributed by atoms with van der Waals surface area (Å²) < 4.78 is 4.96. The number of nitrogens with zero attached hydrogens (tertiary/aromatic N) is 4. The lowest BCUT2D eigenvalue weighted by atomic mass is 10.1. The largest absolute Gasteiger partial charge is 0.439 e. The van der Waals surface area contributed by atoms with Crippen LogP contribution >= 0.6 is 11.6 Å². The lowest BCUT2D eigenvalue weighted by molar-refractivity contribution is -0.123. The number of amides is 2. The molecule has 1 aromatic heterocycles. The molecule has 1 aliphatic heterocycles. The molecule has 0 radical (unpaired) electrons. The molecule has 2 heterocycles. The lowest BCUT2D eigenvalue weighted by Gasteiger charge is -2.33. The topological polar surface area (TPSA) is 87.7 Å². The average Bonchev–Trinajstić information content (AvgIpc) is 2.72. The molecular formula is C18H20ClN5O3. The summed E-state index contributed by atoms with van der Waals surface area (Å²) >= 11 is 6.02. The van der Waals surface area contributed by atoms with Gasteiger partial charge in [-0.25, -0.2) is 14.8 Å². The second-order valence-electron chi connectivity index (χ2n) is 5.98. The van der Waals surface area contributed by atoms with E-state index in [1.807, 2.05) is 29.2 Å². The van der Waals surface area contributed by atoms with Crippen LogP contribution in [0.4, 0.5) is 10.7 Å². The van der Waals surface area contributed by atoms with Crippen LogP contribution < -0.4 is 10.2 Å². The van der Waals surface area contributed by atoms with Gasteiger partial charge in [0.25, 0.3) is 5.91 Å². The molecule has 8 nitrogen and oxygen atoms in total. The summed E-state index contributed by atoms with van der Waals surface area (Å²) in [5, 5.41) is 3.07. The summed E-state index contributed by atoms with van der Waals surface area (Å²) in [6.45, 7) is 1.86. The van der Waals surface area contributed by atoms with Crippen molar-refractivity contribution in [2.24, 2.45) is 0 Å². The molecule has 1 aliphatic rings. The first-order valence-electron chi connectivity index (χ1n) is 8.52. The summed E-state index contributed by atoms with van der Waals surface area (Å²) in [5.74, 6) is 0.273. The van der Waals surface area contributed by atoms with Gasteiger partial charge in [-0.3, -0.25) is 4.79 Å². The van der Waals surface area contributed by atoms with Crippen molar-refractivity contribution in [3.05, 3.63) is 41.7 Å². The van der Waals surface area contributed by atoms with Crippen LogP contribution in [0.25, 0.3) is 11.1 Å². The van der Waals surface area contributed by atoms with Crippen LogP contribution in [0.5, 0.6) is 0 Å². The Morgan fingerprint density at radius 2 is 1.85 bits per heavy atom. The van der Waals surface area contributed by atoms with Crippen LogP contribution in [-0.4, -0.2) is 66.7 Å². The van der Waals surface area contributed by atoms with Gasteiger partial charge in [0.15, 0.2) is 6.61 Å². The second kappa shape index (κ2) is 8.68. The van der Waals surface area contributed by atoms with E-state index in [1.165, 1.54) is 7.05 Å². The molecule has 1 fully saturated rings. The first kappa shape index (κ1) is 18.9. The van der Waals surface area contributed by atoms with Crippen LogP contribution in [0.3, 0.4) is 0 Å². The summed E-state index contributed by atoms with van der Waals surface area (Å²) in [6.07, 6.45) is 3.03. The Bertz CT molecular complexity index is 807. The van der Waals surface area contributed by atoms with Crippen molar-refractivity contribution in [1.29, 1.82) is 0 Å². The van der Waals surface area contributed by atoms with Gasteiger partial charge in [0.05, 0.1) is 0 Å². The number of carbonyl (C=O) groups is 2. The Hall–Kier alpha value is -2.87. The molecule has 2 amide bonds. The number of piperazine rings is 1. The fourth-order valence-corrected chi connectivity index (χ4v) is 2.87. The Labute approximate surface area is 162 Å². The number of hydrogen-bond donors (Lipinski definition) is 1. The van der Waals surface area contributed by atoms with Crippen molar-refractivity contribution >= 4 is 29.5 Å². The van der Waals surface area contributed by atoms with Crippen LogP contribution in [0.1, 0.15) is 0 Å². The van der Waals surface area contributed by atoms with Gasteiger partial charge in [-0.2, -0.15) is 0 Å². The van der Waals surface area contributed by atoms with E-state index in [0.29, 0.717) is 37.1 Å². The highest BCUT2D eigenvalue weighted by atomic mass is 35.5. The SMILES string of the molecule is CNC(=O)COC(=O)N1CCN(c2ncc(-c3cccc(Cl)c3)cn2)CC1. The number of hydrogen-bond acceptors (Lipinski definition) is 6. The third-order valence-corrected chi connectivity index (χ3v) is 4.46. The molecule has 0 atom stereocenters. The standard InChI is InChI=1S/C18H20ClN5O3/c1-20-16(25)12-27-18(26)24-7-5-23(6-8-24)17-21-10-14(11-22-17)13-3-2-4-15(19)9-13/h2-4,9-11H,5-8,12H2,1H3,(H,20,25). The molecule has 2 aromatic rings. The lowest BCUT2D eigenvalue weighted by Crippen LogP contribution is -2.49. The summed E-state index contributed by atoms with van der Waals surface area (Å²) in [5.41, 5.74) is 1.84. The fourth-order valence-electron chi connectivity index (χ4n) is 2.68. The molecule has 3 rings (SSSR count). The number of anilines is 1. The molecule has 1 N–H and O–H groups in total. The molecular weight excluding hydrogens is 370 g/mol. The van der Waals surface area contributed by atoms with Crippen molar-refractivity contribution in [2.45, 2.75) is 0 Å². The van der Waals surface area contributed by atoms with Crippen LogP contribution in [0.15, 0.2) is 36.7 Å². The highest BCUT2D eigenvalue weighted by molar-refractivity contribution is 6.30. The number of halogens is 1. The third-order valence-electron chi connectivity index (χ3n) is 4.22. The van der Waals surface area contributed by atoms with E-state index in [-0.39, 0.29) is 12.5 Å². The van der Waals surface area contributed by atoms with Crippen molar-refractivity contribution in [2.75, 3.05) is 44.7 Å².